The Bertz CT molecular complexity index is 2890. The topological polar surface area (TPSA) is 169 Å². The number of likely N-dealkylation sites (tertiary alicyclic amines) is 1. The van der Waals surface area contributed by atoms with Gasteiger partial charge in [-0.15, -0.1) is 0 Å². The highest BCUT2D eigenvalue weighted by molar-refractivity contribution is 6.04. The normalized spacial score (nSPS) is 17.9. The van der Waals surface area contributed by atoms with Crippen LogP contribution in [0.4, 0.5) is 52.1 Å². The highest BCUT2D eigenvalue weighted by Crippen LogP contribution is 2.41. The molecule has 21 heteroatoms. The number of likely N-dealkylation sites (N-methyl/N-ethyl adjacent to an activating group) is 1. The number of hydrogen-bond acceptors (Lipinski definition) is 14. The van der Waals surface area contributed by atoms with Gasteiger partial charge in [0.2, 0.25) is 11.9 Å². The fourth-order valence-corrected chi connectivity index (χ4v) is 10.4. The molecular formula is C57H72F4N10O7. The number of ether oxygens (including phenoxy) is 5. The number of hydrogen-bond donors (Lipinski definition) is 4. The summed E-state index contributed by atoms with van der Waals surface area (Å²) in [6.45, 7) is 4.67. The molecule has 420 valence electrons. The number of rotatable bonds is 25. The second kappa shape index (κ2) is 27.1. The summed E-state index contributed by atoms with van der Waals surface area (Å²) >= 11 is 0. The minimum Gasteiger partial charge on any atom is -0.495 e. The van der Waals surface area contributed by atoms with Gasteiger partial charge in [0.05, 0.1) is 88.6 Å². The third-order valence-corrected chi connectivity index (χ3v) is 14.4. The lowest BCUT2D eigenvalue weighted by atomic mass is 10.0. The minimum atomic E-state index is -4.47. The second-order valence-electron chi connectivity index (χ2n) is 19.8. The van der Waals surface area contributed by atoms with Crippen molar-refractivity contribution in [1.82, 2.24) is 24.8 Å². The maximum atomic E-state index is 14.9. The average Bonchev–Trinajstić information content (AvgIpc) is 4.12. The lowest BCUT2D eigenvalue weighted by Gasteiger charge is -2.43. The molecule has 1 aliphatic carbocycles. The second-order valence-corrected chi connectivity index (χ2v) is 19.8. The van der Waals surface area contributed by atoms with Crippen LogP contribution in [0.1, 0.15) is 73.5 Å². The number of fused-ring (bicyclic) bond motifs is 2. The number of piperidine rings is 1. The van der Waals surface area contributed by atoms with E-state index in [-0.39, 0.29) is 42.7 Å². The van der Waals surface area contributed by atoms with Crippen molar-refractivity contribution < 1.29 is 50.8 Å². The number of anilines is 6. The zero-order valence-corrected chi connectivity index (χ0v) is 45.1. The lowest BCUT2D eigenvalue weighted by Crippen LogP contribution is -2.55. The number of aryl methyl sites for hydroxylation is 1. The third-order valence-electron chi connectivity index (χ3n) is 14.4. The monoisotopic (exact) mass is 1080 g/mol. The van der Waals surface area contributed by atoms with Crippen LogP contribution in [0.15, 0.2) is 66.9 Å². The van der Waals surface area contributed by atoms with E-state index in [1.807, 2.05) is 37.1 Å². The van der Waals surface area contributed by atoms with Crippen molar-refractivity contribution in [3.63, 3.8) is 0 Å². The van der Waals surface area contributed by atoms with Gasteiger partial charge in [-0.3, -0.25) is 9.59 Å². The van der Waals surface area contributed by atoms with Crippen LogP contribution < -0.4 is 40.5 Å². The Hall–Kier alpha value is -6.86. The van der Waals surface area contributed by atoms with E-state index in [1.165, 1.54) is 7.11 Å². The third kappa shape index (κ3) is 14.6. The van der Waals surface area contributed by atoms with Crippen LogP contribution in [0.5, 0.6) is 11.5 Å². The van der Waals surface area contributed by atoms with Crippen molar-refractivity contribution in [2.45, 2.75) is 95.3 Å². The number of aromatic nitrogens is 3. The van der Waals surface area contributed by atoms with Gasteiger partial charge in [0.25, 0.3) is 5.91 Å². The highest BCUT2D eigenvalue weighted by atomic mass is 19.4. The molecule has 3 aromatic carbocycles. The maximum Gasteiger partial charge on any atom is 0.406 e. The van der Waals surface area contributed by atoms with Gasteiger partial charge in [0.1, 0.15) is 35.9 Å². The number of nitrogens with zero attached hydrogens (tertiary/aromatic N) is 6. The van der Waals surface area contributed by atoms with Gasteiger partial charge in [0.15, 0.2) is 5.82 Å². The molecule has 4 N–H and O–H groups in total. The Balaban J connectivity index is 0.703. The molecule has 3 unspecified atom stereocenters. The van der Waals surface area contributed by atoms with Gasteiger partial charge in [-0.05, 0) is 106 Å². The van der Waals surface area contributed by atoms with Gasteiger partial charge in [-0.2, -0.15) is 18.2 Å². The zero-order valence-electron chi connectivity index (χ0n) is 45.1. The summed E-state index contributed by atoms with van der Waals surface area (Å²) < 4.78 is 85.8. The van der Waals surface area contributed by atoms with E-state index in [2.05, 4.69) is 43.0 Å². The molecule has 17 nitrogen and oxygen atoms in total. The highest BCUT2D eigenvalue weighted by Gasteiger charge is 2.41. The first-order valence-corrected chi connectivity index (χ1v) is 26.8. The van der Waals surface area contributed by atoms with Crippen LogP contribution >= 0.6 is 0 Å². The molecule has 1 saturated carbocycles. The number of benzene rings is 3. The standard InChI is InChI=1S/C57H72F4N10O7/c1-6-48-55(73)69(3)50-35-64-56(67-53(50)71(48)40-13-7-8-14-40)66-47-21-19-39(33-52(47)75-5)54(72)63-24-27-77-29-31-78-30-28-76-26-11-12-38-18-20-46(51(32-38)74-4)62-23-10-15-41-34-42-44(65-45-22-25-68(2)36-43(45)58)16-9-17-49(42)70(41)37-57(59,60)61/h9,16-21,32-35,40,43,45,48,62,65H,6-8,11-14,22-31,36-37H2,1-5H3,(H,63,72)(H,64,66,67). The quantitative estimate of drug-likeness (QED) is 0.0249. The zero-order chi connectivity index (χ0) is 55.2. The number of carbonyl (C=O) groups is 2. The molecule has 5 aromatic rings. The van der Waals surface area contributed by atoms with Gasteiger partial charge in [-0.25, -0.2) is 9.37 Å². The van der Waals surface area contributed by atoms with Gasteiger partial charge in [-0.1, -0.05) is 37.8 Å². The predicted molar refractivity (Wildman–Crippen MR) is 294 cm³/mol. The van der Waals surface area contributed by atoms with Crippen molar-refractivity contribution in [3.8, 4) is 23.3 Å². The predicted octanol–water partition coefficient (Wildman–Crippen LogP) is 8.59. The molecule has 2 aliphatic heterocycles. The molecule has 8 rings (SSSR count). The molecule has 3 atom stereocenters. The molecule has 2 amide bonds. The van der Waals surface area contributed by atoms with Crippen LogP contribution in [-0.4, -0.2) is 156 Å². The SMILES string of the molecule is CCC1C(=O)N(C)c2cnc(Nc3ccc(C(=O)NCCOCCOCCOCCCc4ccc(NCC#Cc5cc6c(NC7CCN(C)CC7F)cccc6n5CC(F)(F)F)c(OC)c4)cc3OC)nc2N1C1CCCC1. The molecule has 0 bridgehead atoms. The first-order valence-electron chi connectivity index (χ1n) is 26.8. The van der Waals surface area contributed by atoms with Crippen LogP contribution in [0.25, 0.3) is 10.9 Å². The largest absolute Gasteiger partial charge is 0.495 e. The number of alkyl halides is 4. The summed E-state index contributed by atoms with van der Waals surface area (Å²) in [4.78, 5) is 41.5. The van der Waals surface area contributed by atoms with Gasteiger partial charge < -0.3 is 64.2 Å². The average molecular weight is 1090 g/mol. The molecule has 78 heavy (non-hydrogen) atoms. The number of carbonyl (C=O) groups excluding carboxylic acids is 2. The first-order chi connectivity index (χ1) is 37.7. The van der Waals surface area contributed by atoms with Crippen molar-refractivity contribution in [2.24, 2.45) is 0 Å². The van der Waals surface area contributed by atoms with Crippen LogP contribution in [0, 0.1) is 11.8 Å². The number of nitrogens with one attached hydrogen (secondary N) is 4. The van der Waals surface area contributed by atoms with E-state index in [0.29, 0.717) is 116 Å². The summed E-state index contributed by atoms with van der Waals surface area (Å²) in [5, 5.41) is 13.2. The van der Waals surface area contributed by atoms with Gasteiger partial charge in [0, 0.05) is 56.0 Å². The van der Waals surface area contributed by atoms with E-state index < -0.39 is 24.9 Å². The Morgan fingerprint density at radius 2 is 1.60 bits per heavy atom. The van der Waals surface area contributed by atoms with Crippen molar-refractivity contribution in [3.05, 3.63) is 83.7 Å². The number of amides is 2. The van der Waals surface area contributed by atoms with Crippen LogP contribution in [0.2, 0.25) is 0 Å². The molecular weight excluding hydrogens is 1010 g/mol. The summed E-state index contributed by atoms with van der Waals surface area (Å²) in [5.74, 6) is 7.83. The van der Waals surface area contributed by atoms with E-state index >= 15 is 0 Å². The minimum absolute atomic E-state index is 0.0516. The Labute approximate surface area is 453 Å². The smallest absolute Gasteiger partial charge is 0.406 e. The summed E-state index contributed by atoms with van der Waals surface area (Å²) in [6.07, 6.45) is 3.16. The van der Waals surface area contributed by atoms with E-state index in [0.717, 1.165) is 61.0 Å². The number of methoxy groups -OCH3 is 2. The molecule has 0 radical (unpaired) electrons. The molecule has 2 fully saturated rings. The van der Waals surface area contributed by atoms with Crippen molar-refractivity contribution in [1.29, 1.82) is 0 Å². The van der Waals surface area contributed by atoms with E-state index in [1.54, 1.807) is 67.7 Å². The van der Waals surface area contributed by atoms with E-state index in [4.69, 9.17) is 28.7 Å². The fourth-order valence-electron chi connectivity index (χ4n) is 10.4. The summed E-state index contributed by atoms with van der Waals surface area (Å²) in [5.41, 5.74) is 4.59. The van der Waals surface area contributed by atoms with E-state index in [9.17, 15) is 27.2 Å². The number of halogens is 4. The summed E-state index contributed by atoms with van der Waals surface area (Å²) in [6, 6.07) is 17.1. The van der Waals surface area contributed by atoms with Crippen LogP contribution in [0.3, 0.4) is 0 Å². The molecule has 3 aliphatic rings. The molecule has 1 saturated heterocycles. The summed E-state index contributed by atoms with van der Waals surface area (Å²) in [7, 11) is 6.74. The fraction of sp³-hybridized carbons (Fsp3) is 0.509. The molecule has 0 spiro atoms. The van der Waals surface area contributed by atoms with Crippen molar-refractivity contribution in [2.75, 3.05) is 120 Å². The van der Waals surface area contributed by atoms with Crippen LogP contribution in [-0.2, 0) is 32.0 Å². The first kappa shape index (κ1) is 57.3. The Morgan fingerprint density at radius 3 is 2.33 bits per heavy atom. The van der Waals surface area contributed by atoms with Gasteiger partial charge >= 0.3 is 6.18 Å². The van der Waals surface area contributed by atoms with Crippen molar-refractivity contribution >= 4 is 57.2 Å². The molecule has 2 aromatic heterocycles. The lowest BCUT2D eigenvalue weighted by molar-refractivity contribution is -0.140. The molecule has 4 heterocycles. The maximum absolute atomic E-state index is 14.9. The Morgan fingerprint density at radius 1 is 0.872 bits per heavy atom. The Kier molecular flexibility index (Phi) is 19.9.